The number of hydrogen-bond donors (Lipinski definition) is 1. The molecular weight excluding hydrogens is 289 g/mol. The lowest BCUT2D eigenvalue weighted by atomic mass is 10.1. The van der Waals surface area contributed by atoms with Gasteiger partial charge < -0.3 is 9.73 Å². The van der Waals surface area contributed by atoms with Crippen LogP contribution in [0, 0.1) is 15.6 Å². The fourth-order valence-electron chi connectivity index (χ4n) is 1.70. The van der Waals surface area contributed by atoms with E-state index in [1.165, 1.54) is 12.8 Å². The van der Waals surface area contributed by atoms with Gasteiger partial charge in [-0.15, -0.1) is 0 Å². The maximum Gasteiger partial charge on any atom is 0.164 e. The molecule has 2 rings (SSSR count). The highest BCUT2D eigenvalue weighted by molar-refractivity contribution is 14.1. The van der Waals surface area contributed by atoms with E-state index in [1.54, 1.807) is 0 Å². The lowest BCUT2D eigenvalue weighted by Gasteiger charge is -2.09. The summed E-state index contributed by atoms with van der Waals surface area (Å²) in [5.74, 6) is 2.85. The number of rotatable bonds is 5. The van der Waals surface area contributed by atoms with Crippen LogP contribution in [-0.2, 0) is 6.54 Å². The molecule has 0 bridgehead atoms. The van der Waals surface area contributed by atoms with Gasteiger partial charge in [0.2, 0.25) is 0 Å². The summed E-state index contributed by atoms with van der Waals surface area (Å²) >= 11 is 2.19. The Kier molecular flexibility index (Phi) is 3.49. The summed E-state index contributed by atoms with van der Waals surface area (Å²) in [6.45, 7) is 4.30. The molecule has 3 heteroatoms. The van der Waals surface area contributed by atoms with Gasteiger partial charge in [0.05, 0.1) is 6.54 Å². The number of hydrogen-bond acceptors (Lipinski definition) is 2. The first-order valence-corrected chi connectivity index (χ1v) is 6.28. The monoisotopic (exact) mass is 305 g/mol. The molecule has 1 heterocycles. The second-order valence-electron chi connectivity index (χ2n) is 4.15. The summed E-state index contributed by atoms with van der Waals surface area (Å²) in [5.41, 5.74) is 0. The lowest BCUT2D eigenvalue weighted by molar-refractivity contribution is 0.422. The van der Waals surface area contributed by atoms with Crippen LogP contribution in [0.4, 0.5) is 0 Å². The van der Waals surface area contributed by atoms with Gasteiger partial charge in [-0.3, -0.25) is 0 Å². The predicted molar refractivity (Wildman–Crippen MR) is 65.0 cm³/mol. The third-order valence-electron chi connectivity index (χ3n) is 2.82. The highest BCUT2D eigenvalue weighted by Crippen LogP contribution is 2.36. The summed E-state index contributed by atoms with van der Waals surface area (Å²) in [6, 6.07) is 4.04. The van der Waals surface area contributed by atoms with E-state index >= 15 is 0 Å². The molecular formula is C11H16INO. The third kappa shape index (κ3) is 2.98. The first-order valence-electron chi connectivity index (χ1n) is 5.20. The summed E-state index contributed by atoms with van der Waals surface area (Å²) in [5, 5.41) is 3.44. The maximum atomic E-state index is 5.47. The van der Waals surface area contributed by atoms with E-state index < -0.39 is 0 Å². The molecule has 1 aliphatic carbocycles. The van der Waals surface area contributed by atoms with Crippen LogP contribution in [-0.4, -0.2) is 6.54 Å². The van der Waals surface area contributed by atoms with Crippen molar-refractivity contribution in [3.63, 3.8) is 0 Å². The van der Waals surface area contributed by atoms with E-state index in [9.17, 15) is 0 Å². The molecule has 1 fully saturated rings. The van der Waals surface area contributed by atoms with Crippen molar-refractivity contribution < 1.29 is 4.42 Å². The minimum Gasteiger partial charge on any atom is -0.454 e. The SMILES string of the molecule is CC(CNCc1ccc(I)o1)C1CC1. The second-order valence-corrected chi connectivity index (χ2v) is 5.21. The van der Waals surface area contributed by atoms with Crippen molar-refractivity contribution in [2.24, 2.45) is 11.8 Å². The van der Waals surface area contributed by atoms with Gasteiger partial charge in [-0.2, -0.15) is 0 Å². The molecule has 0 amide bonds. The molecule has 1 N–H and O–H groups in total. The van der Waals surface area contributed by atoms with Crippen LogP contribution in [0.1, 0.15) is 25.5 Å². The molecule has 1 aromatic heterocycles. The summed E-state index contributed by atoms with van der Waals surface area (Å²) in [4.78, 5) is 0. The zero-order chi connectivity index (χ0) is 9.97. The highest BCUT2D eigenvalue weighted by Gasteiger charge is 2.27. The minimum absolute atomic E-state index is 0.823. The Morgan fingerprint density at radius 2 is 2.36 bits per heavy atom. The van der Waals surface area contributed by atoms with Crippen molar-refractivity contribution in [1.82, 2.24) is 5.32 Å². The average molecular weight is 305 g/mol. The predicted octanol–water partition coefficient (Wildman–Crippen LogP) is 3.02. The molecule has 1 unspecified atom stereocenters. The van der Waals surface area contributed by atoms with Crippen molar-refractivity contribution >= 4 is 22.6 Å². The van der Waals surface area contributed by atoms with E-state index in [4.69, 9.17) is 4.42 Å². The largest absolute Gasteiger partial charge is 0.454 e. The topological polar surface area (TPSA) is 25.2 Å². The van der Waals surface area contributed by atoms with E-state index in [0.29, 0.717) is 0 Å². The van der Waals surface area contributed by atoms with Gasteiger partial charge in [-0.1, -0.05) is 6.92 Å². The second kappa shape index (κ2) is 4.66. The number of nitrogens with one attached hydrogen (secondary N) is 1. The molecule has 2 nitrogen and oxygen atoms in total. The van der Waals surface area contributed by atoms with E-state index in [-0.39, 0.29) is 0 Å². The van der Waals surface area contributed by atoms with Gasteiger partial charge in [0.1, 0.15) is 5.76 Å². The molecule has 1 aromatic rings. The highest BCUT2D eigenvalue weighted by atomic mass is 127. The standard InChI is InChI=1S/C11H16INO/c1-8(9-2-3-9)6-13-7-10-4-5-11(12)14-10/h4-5,8-9,13H,2-3,6-7H2,1H3. The van der Waals surface area contributed by atoms with Gasteiger partial charge in [0.25, 0.3) is 0 Å². The zero-order valence-electron chi connectivity index (χ0n) is 8.42. The van der Waals surface area contributed by atoms with Crippen LogP contribution in [0.3, 0.4) is 0 Å². The van der Waals surface area contributed by atoms with E-state index in [2.05, 4.69) is 34.8 Å². The summed E-state index contributed by atoms with van der Waals surface area (Å²) in [7, 11) is 0. The van der Waals surface area contributed by atoms with Crippen molar-refractivity contribution in [2.75, 3.05) is 6.54 Å². The fraction of sp³-hybridized carbons (Fsp3) is 0.636. The Morgan fingerprint density at radius 3 is 2.93 bits per heavy atom. The van der Waals surface area contributed by atoms with Gasteiger partial charge >= 0.3 is 0 Å². The minimum atomic E-state index is 0.823. The van der Waals surface area contributed by atoms with Crippen LogP contribution in [0.15, 0.2) is 16.5 Å². The van der Waals surface area contributed by atoms with Crippen molar-refractivity contribution in [1.29, 1.82) is 0 Å². The molecule has 14 heavy (non-hydrogen) atoms. The molecule has 0 aromatic carbocycles. The van der Waals surface area contributed by atoms with E-state index in [0.717, 1.165) is 34.5 Å². The lowest BCUT2D eigenvalue weighted by Crippen LogP contribution is -2.21. The van der Waals surface area contributed by atoms with Gasteiger partial charge in [0, 0.05) is 0 Å². The van der Waals surface area contributed by atoms with Crippen LogP contribution >= 0.6 is 22.6 Å². The normalized spacial score (nSPS) is 18.4. The fourth-order valence-corrected chi connectivity index (χ4v) is 2.16. The molecule has 0 spiro atoms. The third-order valence-corrected chi connectivity index (χ3v) is 3.40. The molecule has 1 aliphatic rings. The summed E-state index contributed by atoms with van der Waals surface area (Å²) in [6.07, 6.45) is 2.86. The van der Waals surface area contributed by atoms with Gasteiger partial charge in [-0.05, 0) is 65.9 Å². The Balaban J connectivity index is 1.67. The zero-order valence-corrected chi connectivity index (χ0v) is 10.6. The van der Waals surface area contributed by atoms with Crippen molar-refractivity contribution in [2.45, 2.75) is 26.3 Å². The van der Waals surface area contributed by atoms with Crippen molar-refractivity contribution in [3.05, 3.63) is 21.7 Å². The van der Waals surface area contributed by atoms with Crippen molar-refractivity contribution in [3.8, 4) is 0 Å². The molecule has 1 saturated carbocycles. The molecule has 1 atom stereocenters. The Bertz CT molecular complexity index is 293. The molecule has 0 saturated heterocycles. The molecule has 0 aliphatic heterocycles. The first kappa shape index (κ1) is 10.5. The summed E-state index contributed by atoms with van der Waals surface area (Å²) < 4.78 is 6.43. The smallest absolute Gasteiger partial charge is 0.164 e. The first-order chi connectivity index (χ1) is 6.75. The van der Waals surface area contributed by atoms with Crippen LogP contribution in [0.25, 0.3) is 0 Å². The quantitative estimate of drug-likeness (QED) is 0.846. The van der Waals surface area contributed by atoms with E-state index in [1.807, 2.05) is 12.1 Å². The Morgan fingerprint density at radius 1 is 1.57 bits per heavy atom. The Labute approximate surface area is 98.6 Å². The molecule has 78 valence electrons. The van der Waals surface area contributed by atoms with Crippen LogP contribution < -0.4 is 5.32 Å². The molecule has 0 radical (unpaired) electrons. The maximum absolute atomic E-state index is 5.47. The van der Waals surface area contributed by atoms with Gasteiger partial charge in [-0.25, -0.2) is 0 Å². The van der Waals surface area contributed by atoms with Crippen LogP contribution in [0.5, 0.6) is 0 Å². The Hall–Kier alpha value is -0.0300. The number of furan rings is 1. The number of halogens is 1. The van der Waals surface area contributed by atoms with Gasteiger partial charge in [0.15, 0.2) is 3.77 Å². The van der Waals surface area contributed by atoms with Crippen LogP contribution in [0.2, 0.25) is 0 Å². The average Bonchev–Trinajstić information content (AvgIpc) is 2.92.